The van der Waals surface area contributed by atoms with Crippen LogP contribution < -0.4 is 0 Å². The average Bonchev–Trinajstić information content (AvgIpc) is 2.05. The Bertz CT molecular complexity index is 411. The lowest BCUT2D eigenvalue weighted by atomic mass is 10.0. The molecule has 15 heavy (non-hydrogen) atoms. The van der Waals surface area contributed by atoms with E-state index in [1.54, 1.807) is 24.3 Å². The number of halogens is 1. The monoisotopic (exact) mass is 248 g/mol. The predicted octanol–water partition coefficient (Wildman–Crippen LogP) is 2.14. The van der Waals surface area contributed by atoms with Crippen LogP contribution in [0.3, 0.4) is 0 Å². The highest BCUT2D eigenvalue weighted by molar-refractivity contribution is 8.13. The zero-order valence-corrected chi connectivity index (χ0v) is 9.92. The van der Waals surface area contributed by atoms with Crippen molar-refractivity contribution in [1.82, 2.24) is 0 Å². The Morgan fingerprint density at radius 2 is 1.87 bits per heavy atom. The average molecular weight is 249 g/mol. The minimum absolute atomic E-state index is 0.0305. The van der Waals surface area contributed by atoms with E-state index in [2.05, 4.69) is 0 Å². The van der Waals surface area contributed by atoms with Gasteiger partial charge in [-0.25, -0.2) is 8.42 Å². The van der Waals surface area contributed by atoms with E-state index in [1.807, 2.05) is 6.92 Å². The highest BCUT2D eigenvalue weighted by atomic mass is 35.7. The highest BCUT2D eigenvalue weighted by Gasteiger charge is 2.12. The molecular weight excluding hydrogens is 236 g/mol. The van der Waals surface area contributed by atoms with Crippen LogP contribution in [0.25, 0.3) is 0 Å². The zero-order chi connectivity index (χ0) is 11.5. The van der Waals surface area contributed by atoms with Crippen LogP contribution in [0.15, 0.2) is 24.3 Å². The Labute approximate surface area is 94.1 Å². The number of rotatable bonds is 4. The van der Waals surface area contributed by atoms with Crippen molar-refractivity contribution in [3.05, 3.63) is 29.8 Å². The molecule has 0 radical (unpaired) electrons. The van der Waals surface area contributed by atoms with Crippen molar-refractivity contribution in [1.29, 1.82) is 0 Å². The Morgan fingerprint density at radius 3 is 2.33 bits per heavy atom. The van der Waals surface area contributed by atoms with Crippen molar-refractivity contribution < 1.29 is 13.5 Å². The van der Waals surface area contributed by atoms with Crippen LogP contribution in [-0.4, -0.2) is 19.3 Å². The quantitative estimate of drug-likeness (QED) is 0.831. The molecule has 1 aromatic rings. The fraction of sp³-hybridized carbons (Fsp3) is 0.400. The van der Waals surface area contributed by atoms with Gasteiger partial charge < -0.3 is 5.11 Å². The first-order valence-corrected chi connectivity index (χ1v) is 7.05. The van der Waals surface area contributed by atoms with Crippen LogP contribution in [-0.2, 0) is 15.5 Å². The lowest BCUT2D eigenvalue weighted by molar-refractivity contribution is 0.475. The summed E-state index contributed by atoms with van der Waals surface area (Å²) in [6, 6.07) is 6.70. The Balaban J connectivity index is 2.59. The molecular formula is C10H13ClO3S. The van der Waals surface area contributed by atoms with Gasteiger partial charge in [-0.15, -0.1) is 0 Å². The summed E-state index contributed by atoms with van der Waals surface area (Å²) in [5, 5.41) is 9.06. The summed E-state index contributed by atoms with van der Waals surface area (Å²) >= 11 is 0. The molecule has 1 aromatic carbocycles. The first-order valence-electron chi connectivity index (χ1n) is 4.57. The third-order valence-corrected chi connectivity index (χ3v) is 3.35. The first kappa shape index (κ1) is 12.3. The highest BCUT2D eigenvalue weighted by Crippen LogP contribution is 2.15. The largest absolute Gasteiger partial charge is 0.508 e. The molecule has 1 N–H and O–H groups in total. The molecule has 0 aromatic heterocycles. The fourth-order valence-corrected chi connectivity index (χ4v) is 2.88. The molecule has 1 rings (SSSR count). The SMILES string of the molecule is CC(Cc1ccc(O)cc1)CS(=O)(=O)Cl. The Morgan fingerprint density at radius 1 is 1.33 bits per heavy atom. The van der Waals surface area contributed by atoms with Crippen molar-refractivity contribution in [2.45, 2.75) is 13.3 Å². The number of hydrogen-bond acceptors (Lipinski definition) is 3. The maximum Gasteiger partial charge on any atom is 0.232 e. The van der Waals surface area contributed by atoms with Gasteiger partial charge in [0.25, 0.3) is 0 Å². The molecule has 5 heteroatoms. The lowest BCUT2D eigenvalue weighted by Gasteiger charge is -2.08. The maximum absolute atomic E-state index is 10.8. The second kappa shape index (κ2) is 4.86. The van der Waals surface area contributed by atoms with Crippen molar-refractivity contribution >= 4 is 19.7 Å². The molecule has 1 unspecified atom stereocenters. The summed E-state index contributed by atoms with van der Waals surface area (Å²) in [6.45, 7) is 1.83. The standard InChI is InChI=1S/C10H13ClO3S/c1-8(7-15(11,13)14)6-9-2-4-10(12)5-3-9/h2-5,8,12H,6-7H2,1H3. The number of phenolic OH excluding ortho intramolecular Hbond substituents is 1. The summed E-state index contributed by atoms with van der Waals surface area (Å²) in [6.07, 6.45) is 0.631. The molecule has 3 nitrogen and oxygen atoms in total. The molecule has 0 saturated heterocycles. The third-order valence-electron chi connectivity index (χ3n) is 2.00. The van der Waals surface area contributed by atoms with Gasteiger partial charge in [0.2, 0.25) is 9.05 Å². The number of benzene rings is 1. The van der Waals surface area contributed by atoms with E-state index < -0.39 is 9.05 Å². The molecule has 0 aliphatic carbocycles. The van der Waals surface area contributed by atoms with E-state index in [0.717, 1.165) is 5.56 Å². The van der Waals surface area contributed by atoms with Gasteiger partial charge in [0.1, 0.15) is 5.75 Å². The van der Waals surface area contributed by atoms with E-state index in [-0.39, 0.29) is 17.4 Å². The van der Waals surface area contributed by atoms with Crippen molar-refractivity contribution in [3.63, 3.8) is 0 Å². The first-order chi connectivity index (χ1) is 6.87. The summed E-state index contributed by atoms with van der Waals surface area (Å²) < 4.78 is 21.6. The van der Waals surface area contributed by atoms with Crippen molar-refractivity contribution in [2.75, 3.05) is 5.75 Å². The molecule has 0 saturated carbocycles. The molecule has 0 amide bonds. The number of phenols is 1. The van der Waals surface area contributed by atoms with Crippen LogP contribution in [0.5, 0.6) is 5.75 Å². The number of aromatic hydroxyl groups is 1. The van der Waals surface area contributed by atoms with Crippen LogP contribution in [0.4, 0.5) is 0 Å². The molecule has 0 bridgehead atoms. The maximum atomic E-state index is 10.8. The molecule has 0 aliphatic rings. The molecule has 0 aliphatic heterocycles. The predicted molar refractivity (Wildman–Crippen MR) is 60.6 cm³/mol. The molecule has 0 spiro atoms. The Hall–Kier alpha value is -0.740. The third kappa shape index (κ3) is 5.04. The molecule has 84 valence electrons. The molecule has 0 fully saturated rings. The van der Waals surface area contributed by atoms with E-state index >= 15 is 0 Å². The van der Waals surface area contributed by atoms with E-state index in [9.17, 15) is 8.42 Å². The summed E-state index contributed by atoms with van der Waals surface area (Å²) in [4.78, 5) is 0. The second-order valence-electron chi connectivity index (χ2n) is 3.68. The summed E-state index contributed by atoms with van der Waals surface area (Å²) in [5.41, 5.74) is 0.987. The zero-order valence-electron chi connectivity index (χ0n) is 8.35. The van der Waals surface area contributed by atoms with E-state index in [4.69, 9.17) is 15.8 Å². The fourth-order valence-electron chi connectivity index (χ4n) is 1.43. The summed E-state index contributed by atoms with van der Waals surface area (Å²) in [5.74, 6) is 0.142. The van der Waals surface area contributed by atoms with Gasteiger partial charge in [-0.1, -0.05) is 19.1 Å². The minimum Gasteiger partial charge on any atom is -0.508 e. The van der Waals surface area contributed by atoms with Gasteiger partial charge in [-0.3, -0.25) is 0 Å². The molecule has 1 atom stereocenters. The lowest BCUT2D eigenvalue weighted by Crippen LogP contribution is -2.10. The minimum atomic E-state index is -3.43. The summed E-state index contributed by atoms with van der Waals surface area (Å²) in [7, 11) is 1.72. The van der Waals surface area contributed by atoms with Gasteiger partial charge in [0.05, 0.1) is 5.75 Å². The van der Waals surface area contributed by atoms with Gasteiger partial charge >= 0.3 is 0 Å². The van der Waals surface area contributed by atoms with E-state index in [0.29, 0.717) is 6.42 Å². The van der Waals surface area contributed by atoms with Crippen molar-refractivity contribution in [3.8, 4) is 5.75 Å². The normalized spacial score (nSPS) is 13.7. The van der Waals surface area contributed by atoms with Crippen LogP contribution in [0, 0.1) is 5.92 Å². The Kier molecular flexibility index (Phi) is 3.99. The van der Waals surface area contributed by atoms with Gasteiger partial charge in [-0.2, -0.15) is 0 Å². The van der Waals surface area contributed by atoms with Crippen LogP contribution in [0.2, 0.25) is 0 Å². The van der Waals surface area contributed by atoms with Crippen LogP contribution in [0.1, 0.15) is 12.5 Å². The van der Waals surface area contributed by atoms with E-state index in [1.165, 1.54) is 0 Å². The molecule has 0 heterocycles. The van der Waals surface area contributed by atoms with Gasteiger partial charge in [0, 0.05) is 10.7 Å². The number of hydrogen-bond donors (Lipinski definition) is 1. The topological polar surface area (TPSA) is 54.4 Å². The van der Waals surface area contributed by atoms with Gasteiger partial charge in [-0.05, 0) is 30.0 Å². The van der Waals surface area contributed by atoms with Gasteiger partial charge in [0.15, 0.2) is 0 Å². The van der Waals surface area contributed by atoms with Crippen molar-refractivity contribution in [2.24, 2.45) is 5.92 Å². The smallest absolute Gasteiger partial charge is 0.232 e. The van der Waals surface area contributed by atoms with Crippen LogP contribution >= 0.6 is 10.7 Å². The second-order valence-corrected chi connectivity index (χ2v) is 6.50.